The molecule has 0 fully saturated rings. The summed E-state index contributed by atoms with van der Waals surface area (Å²) in [5.74, 6) is 0. The molecule has 2 rings (SSSR count). The van der Waals surface area contributed by atoms with E-state index in [1.807, 2.05) is 0 Å². The second-order valence-corrected chi connectivity index (χ2v) is 9.49. The summed E-state index contributed by atoms with van der Waals surface area (Å²) in [4.78, 5) is 0. The van der Waals surface area contributed by atoms with E-state index in [2.05, 4.69) is 31.2 Å². The Bertz CT molecular complexity index is 282. The van der Waals surface area contributed by atoms with Crippen molar-refractivity contribution < 1.29 is 0 Å². The molecule has 3 heteroatoms. The van der Waals surface area contributed by atoms with E-state index < -0.39 is 0 Å². The molecule has 1 aliphatic heterocycles. The first-order valence-corrected chi connectivity index (χ1v) is 10.0. The quantitative estimate of drug-likeness (QED) is 0.678. The van der Waals surface area contributed by atoms with Gasteiger partial charge in [0.2, 0.25) is 0 Å². The first kappa shape index (κ1) is 12.0. The van der Waals surface area contributed by atoms with Crippen LogP contribution in [-0.2, 0) is 0 Å². The van der Waals surface area contributed by atoms with Crippen LogP contribution in [0.3, 0.4) is 0 Å². The van der Waals surface area contributed by atoms with Gasteiger partial charge in [-0.3, -0.25) is 0 Å². The number of hydrogen-bond acceptors (Lipinski definition) is 0. The van der Waals surface area contributed by atoms with Gasteiger partial charge in [0.15, 0.2) is 0 Å². The molecule has 1 heterocycles. The van der Waals surface area contributed by atoms with Gasteiger partial charge < -0.3 is 0 Å². The van der Waals surface area contributed by atoms with E-state index in [1.54, 1.807) is 10.6 Å². The Labute approximate surface area is 97.9 Å². The van der Waals surface area contributed by atoms with Gasteiger partial charge in [-0.25, -0.2) is 0 Å². The molecule has 0 saturated carbocycles. The zero-order valence-corrected chi connectivity index (χ0v) is 12.2. The molecule has 1 aliphatic rings. The SMILES string of the molecule is CCP1CCPc2ccccc2PCC1. The molecule has 82 valence electrons. The third-order valence-electron chi connectivity index (χ3n) is 2.86. The van der Waals surface area contributed by atoms with Gasteiger partial charge in [0, 0.05) is 0 Å². The standard InChI is InChI=1S/C12H19P3/c1-2-15-9-7-13-11-5-3-4-6-12(11)14-8-10-15/h3-6,13-14H,2,7-10H2,1H3. The lowest BCUT2D eigenvalue weighted by atomic mass is 10.4. The summed E-state index contributed by atoms with van der Waals surface area (Å²) >= 11 is 0. The number of fused-ring (bicyclic) bond motifs is 1. The molecule has 0 aromatic heterocycles. The second-order valence-electron chi connectivity index (χ2n) is 3.83. The fraction of sp³-hybridized carbons (Fsp3) is 0.500. The number of benzene rings is 1. The maximum absolute atomic E-state index is 2.38. The van der Waals surface area contributed by atoms with Crippen molar-refractivity contribution in [1.82, 2.24) is 0 Å². The van der Waals surface area contributed by atoms with Crippen molar-refractivity contribution in [3.8, 4) is 0 Å². The molecule has 2 atom stereocenters. The molecule has 0 amide bonds. The highest BCUT2D eigenvalue weighted by molar-refractivity contribution is 7.61. The summed E-state index contributed by atoms with van der Waals surface area (Å²) in [6.45, 7) is 2.38. The Hall–Kier alpha value is 0.510. The fourth-order valence-electron chi connectivity index (χ4n) is 1.92. The van der Waals surface area contributed by atoms with Gasteiger partial charge in [-0.1, -0.05) is 48.4 Å². The Balaban J connectivity index is 2.07. The summed E-state index contributed by atoms with van der Waals surface area (Å²) < 4.78 is 0. The average molecular weight is 256 g/mol. The highest BCUT2D eigenvalue weighted by Gasteiger charge is 2.10. The van der Waals surface area contributed by atoms with Gasteiger partial charge in [0.25, 0.3) is 0 Å². The minimum Gasteiger partial charge on any atom is -0.106 e. The van der Waals surface area contributed by atoms with Crippen LogP contribution in [0.5, 0.6) is 0 Å². The summed E-state index contributed by atoms with van der Waals surface area (Å²) in [7, 11) is 2.52. The monoisotopic (exact) mass is 256 g/mol. The van der Waals surface area contributed by atoms with E-state index in [0.717, 1.165) is 17.2 Å². The first-order chi connectivity index (χ1) is 7.40. The molecule has 0 radical (unpaired) electrons. The summed E-state index contributed by atoms with van der Waals surface area (Å²) in [5, 5.41) is 3.31. The van der Waals surface area contributed by atoms with E-state index in [-0.39, 0.29) is 0 Å². The average Bonchev–Trinajstić information content (AvgIpc) is 2.38. The van der Waals surface area contributed by atoms with Crippen molar-refractivity contribution in [3.05, 3.63) is 24.3 Å². The number of rotatable bonds is 1. The Morgan fingerprint density at radius 3 is 2.07 bits per heavy atom. The summed E-state index contributed by atoms with van der Waals surface area (Å²) in [5.41, 5.74) is 0. The van der Waals surface area contributed by atoms with Crippen LogP contribution < -0.4 is 10.6 Å². The first-order valence-electron chi connectivity index (χ1n) is 5.69. The molecule has 0 saturated heterocycles. The maximum atomic E-state index is 2.38. The third kappa shape index (κ3) is 3.49. The van der Waals surface area contributed by atoms with E-state index in [4.69, 9.17) is 0 Å². The maximum Gasteiger partial charge on any atom is -0.0197 e. The predicted molar refractivity (Wildman–Crippen MR) is 79.3 cm³/mol. The van der Waals surface area contributed by atoms with Crippen LogP contribution in [0.1, 0.15) is 6.92 Å². The molecule has 0 spiro atoms. The molecular formula is C12H19P3. The van der Waals surface area contributed by atoms with Gasteiger partial charge >= 0.3 is 0 Å². The highest BCUT2D eigenvalue weighted by Crippen LogP contribution is 2.38. The topological polar surface area (TPSA) is 0 Å². The normalized spacial score (nSPS) is 25.5. The Morgan fingerprint density at radius 1 is 1.07 bits per heavy atom. The zero-order valence-electron chi connectivity index (χ0n) is 9.29. The minimum absolute atomic E-state index is 0.381. The van der Waals surface area contributed by atoms with Crippen LogP contribution in [0, 0.1) is 0 Å². The van der Waals surface area contributed by atoms with Crippen LogP contribution >= 0.6 is 25.1 Å². The van der Waals surface area contributed by atoms with Gasteiger partial charge in [-0.2, -0.15) is 0 Å². The minimum atomic E-state index is 0.381. The molecule has 1 aromatic carbocycles. The van der Waals surface area contributed by atoms with Crippen LogP contribution in [0.25, 0.3) is 0 Å². The smallest absolute Gasteiger partial charge is 0.0197 e. The van der Waals surface area contributed by atoms with Crippen LogP contribution in [0.4, 0.5) is 0 Å². The lowest BCUT2D eigenvalue weighted by molar-refractivity contribution is 1.36. The van der Waals surface area contributed by atoms with Crippen LogP contribution in [0.15, 0.2) is 24.3 Å². The highest BCUT2D eigenvalue weighted by atomic mass is 31.1. The number of hydrogen-bond donors (Lipinski definition) is 0. The largest absolute Gasteiger partial charge is 0.106 e. The van der Waals surface area contributed by atoms with Gasteiger partial charge in [0.1, 0.15) is 0 Å². The van der Waals surface area contributed by atoms with Crippen molar-refractivity contribution in [2.75, 3.05) is 30.8 Å². The predicted octanol–water partition coefficient (Wildman–Crippen LogP) is 2.81. The third-order valence-corrected chi connectivity index (χ3v) is 9.19. The van der Waals surface area contributed by atoms with Gasteiger partial charge in [0.05, 0.1) is 0 Å². The molecule has 2 unspecified atom stereocenters. The van der Waals surface area contributed by atoms with Crippen molar-refractivity contribution in [2.24, 2.45) is 0 Å². The second kappa shape index (κ2) is 6.30. The molecule has 0 bridgehead atoms. The Morgan fingerprint density at radius 2 is 1.60 bits per heavy atom. The van der Waals surface area contributed by atoms with E-state index in [0.29, 0.717) is 7.92 Å². The molecule has 0 nitrogen and oxygen atoms in total. The molecule has 1 aromatic rings. The van der Waals surface area contributed by atoms with Gasteiger partial charge in [-0.05, 0) is 41.4 Å². The molecule has 15 heavy (non-hydrogen) atoms. The van der Waals surface area contributed by atoms with E-state index in [9.17, 15) is 0 Å². The van der Waals surface area contributed by atoms with Crippen molar-refractivity contribution in [3.63, 3.8) is 0 Å². The van der Waals surface area contributed by atoms with Crippen molar-refractivity contribution in [2.45, 2.75) is 6.92 Å². The molecular weight excluding hydrogens is 237 g/mol. The summed E-state index contributed by atoms with van der Waals surface area (Å²) in [6.07, 6.45) is 7.37. The fourth-order valence-corrected chi connectivity index (χ4v) is 8.24. The molecule has 0 N–H and O–H groups in total. The van der Waals surface area contributed by atoms with E-state index >= 15 is 0 Å². The lowest BCUT2D eigenvalue weighted by Gasteiger charge is -2.13. The Kier molecular flexibility index (Phi) is 5.03. The van der Waals surface area contributed by atoms with E-state index in [1.165, 1.54) is 30.8 Å². The lowest BCUT2D eigenvalue weighted by Crippen LogP contribution is -2.15. The van der Waals surface area contributed by atoms with Crippen molar-refractivity contribution in [1.29, 1.82) is 0 Å². The van der Waals surface area contributed by atoms with Crippen LogP contribution in [0.2, 0.25) is 0 Å². The van der Waals surface area contributed by atoms with Crippen molar-refractivity contribution >= 4 is 35.7 Å². The summed E-state index contributed by atoms with van der Waals surface area (Å²) in [6, 6.07) is 9.11. The molecule has 0 aliphatic carbocycles. The zero-order chi connectivity index (χ0) is 10.5. The van der Waals surface area contributed by atoms with Gasteiger partial charge in [-0.15, -0.1) is 7.92 Å². The van der Waals surface area contributed by atoms with Crippen LogP contribution in [-0.4, -0.2) is 30.8 Å².